The van der Waals surface area contributed by atoms with Crippen LogP contribution in [0.3, 0.4) is 0 Å². The molecule has 1 aromatic carbocycles. The van der Waals surface area contributed by atoms with Crippen LogP contribution in [0.5, 0.6) is 5.75 Å². The average molecular weight is 125 g/mol. The molecule has 0 aliphatic carbocycles. The van der Waals surface area contributed by atoms with Crippen LogP contribution in [0.4, 0.5) is 4.39 Å². The standard InChI is InChI=1S/C7H6FO/c1-5-2-6(8)4-7(9)3-5/h2-4H,1H3. The normalized spacial score (nSPS) is 9.56. The summed E-state index contributed by atoms with van der Waals surface area (Å²) in [6.07, 6.45) is 0. The van der Waals surface area contributed by atoms with Crippen LogP contribution in [0, 0.1) is 12.7 Å². The van der Waals surface area contributed by atoms with Gasteiger partial charge < -0.3 is 0 Å². The predicted octanol–water partition coefficient (Wildman–Crippen LogP) is 2.28. The second-order valence-corrected chi connectivity index (χ2v) is 1.96. The van der Waals surface area contributed by atoms with Gasteiger partial charge in [-0.25, -0.2) is 4.39 Å². The van der Waals surface area contributed by atoms with Gasteiger partial charge in [-0.05, 0) is 24.6 Å². The number of aryl methyl sites for hydroxylation is 1. The maximum absolute atomic E-state index is 12.2. The second-order valence-electron chi connectivity index (χ2n) is 1.96. The molecule has 1 nitrogen and oxygen atoms in total. The molecule has 0 fully saturated rings. The summed E-state index contributed by atoms with van der Waals surface area (Å²) in [5.74, 6) is -0.729. The fraction of sp³-hybridized carbons (Fsp3) is 0.143. The summed E-state index contributed by atoms with van der Waals surface area (Å²) in [6.45, 7) is 1.68. The van der Waals surface area contributed by atoms with Gasteiger partial charge in [0.15, 0.2) is 5.75 Å². The van der Waals surface area contributed by atoms with Crippen LogP contribution < -0.4 is 0 Å². The third kappa shape index (κ3) is 1.42. The minimum Gasteiger partial charge on any atom is -0.290 e. The van der Waals surface area contributed by atoms with E-state index in [2.05, 4.69) is 0 Å². The van der Waals surface area contributed by atoms with Gasteiger partial charge in [0.2, 0.25) is 0 Å². The fourth-order valence-corrected chi connectivity index (χ4v) is 0.703. The minimum absolute atomic E-state index is 0.271. The Hall–Kier alpha value is -1.05. The monoisotopic (exact) mass is 125 g/mol. The number of rotatable bonds is 0. The molecule has 0 unspecified atom stereocenters. The summed E-state index contributed by atoms with van der Waals surface area (Å²) in [4.78, 5) is 0. The summed E-state index contributed by atoms with van der Waals surface area (Å²) in [6, 6.07) is 3.68. The van der Waals surface area contributed by atoms with Gasteiger partial charge in [-0.15, -0.1) is 0 Å². The Morgan fingerprint density at radius 3 is 2.44 bits per heavy atom. The van der Waals surface area contributed by atoms with Gasteiger partial charge in [-0.3, -0.25) is 5.11 Å². The third-order valence-corrected chi connectivity index (χ3v) is 1.02. The van der Waals surface area contributed by atoms with E-state index in [0.29, 0.717) is 5.56 Å². The Bertz CT molecular complexity index is 170. The zero-order chi connectivity index (χ0) is 6.85. The van der Waals surface area contributed by atoms with Crippen molar-refractivity contribution in [2.45, 2.75) is 6.92 Å². The van der Waals surface area contributed by atoms with Crippen molar-refractivity contribution < 1.29 is 9.50 Å². The molecule has 0 N–H and O–H groups in total. The zero-order valence-corrected chi connectivity index (χ0v) is 5.02. The Kier molecular flexibility index (Phi) is 1.39. The third-order valence-electron chi connectivity index (χ3n) is 1.02. The number of hydrogen-bond donors (Lipinski definition) is 0. The Morgan fingerprint density at radius 2 is 2.00 bits per heavy atom. The smallest absolute Gasteiger partial charge is 0.181 e. The van der Waals surface area contributed by atoms with E-state index in [-0.39, 0.29) is 5.75 Å². The van der Waals surface area contributed by atoms with Crippen molar-refractivity contribution in [3.05, 3.63) is 29.6 Å². The summed E-state index contributed by atoms with van der Waals surface area (Å²) in [7, 11) is 0. The van der Waals surface area contributed by atoms with Crippen molar-refractivity contribution in [1.29, 1.82) is 0 Å². The average Bonchev–Trinajstić information content (AvgIpc) is 1.59. The largest absolute Gasteiger partial charge is 0.290 e. The molecule has 0 aromatic heterocycles. The van der Waals surface area contributed by atoms with E-state index in [9.17, 15) is 9.50 Å². The first-order valence-electron chi connectivity index (χ1n) is 2.63. The lowest BCUT2D eigenvalue weighted by molar-refractivity contribution is 0.352. The van der Waals surface area contributed by atoms with E-state index < -0.39 is 5.82 Å². The first-order valence-corrected chi connectivity index (χ1v) is 2.63. The molecule has 1 rings (SSSR count). The molecule has 0 amide bonds. The van der Waals surface area contributed by atoms with Gasteiger partial charge in [0.25, 0.3) is 0 Å². The van der Waals surface area contributed by atoms with Crippen LogP contribution in [-0.4, -0.2) is 0 Å². The van der Waals surface area contributed by atoms with Crippen LogP contribution >= 0.6 is 0 Å². The van der Waals surface area contributed by atoms with Gasteiger partial charge in [0.05, 0.1) is 0 Å². The lowest BCUT2D eigenvalue weighted by Gasteiger charge is -1.90. The molecule has 0 bridgehead atoms. The maximum atomic E-state index is 12.2. The molecular weight excluding hydrogens is 119 g/mol. The molecule has 0 aliphatic heterocycles. The van der Waals surface area contributed by atoms with E-state index in [1.165, 1.54) is 12.1 Å². The Balaban J connectivity index is 3.17. The van der Waals surface area contributed by atoms with Crippen molar-refractivity contribution >= 4 is 0 Å². The summed E-state index contributed by atoms with van der Waals surface area (Å²) < 4.78 is 12.2. The van der Waals surface area contributed by atoms with Crippen LogP contribution in [0.2, 0.25) is 0 Å². The van der Waals surface area contributed by atoms with Crippen molar-refractivity contribution in [3.63, 3.8) is 0 Å². The van der Waals surface area contributed by atoms with E-state index in [1.54, 1.807) is 6.92 Å². The molecular formula is C7H6FO. The summed E-state index contributed by atoms with van der Waals surface area (Å²) in [5.41, 5.74) is 0.667. The highest BCUT2D eigenvalue weighted by molar-refractivity contribution is 5.26. The van der Waals surface area contributed by atoms with Crippen molar-refractivity contribution in [2.75, 3.05) is 0 Å². The Labute approximate surface area is 52.8 Å². The summed E-state index contributed by atoms with van der Waals surface area (Å²) in [5, 5.41) is 10.5. The SMILES string of the molecule is Cc1cc([O])cc(F)c1. The topological polar surface area (TPSA) is 19.9 Å². The number of benzene rings is 1. The number of hydrogen-bond acceptors (Lipinski definition) is 0. The molecule has 1 aromatic rings. The van der Waals surface area contributed by atoms with Gasteiger partial charge in [0.1, 0.15) is 5.82 Å². The quantitative estimate of drug-likeness (QED) is 0.507. The van der Waals surface area contributed by atoms with E-state index in [4.69, 9.17) is 0 Å². The van der Waals surface area contributed by atoms with Gasteiger partial charge in [0, 0.05) is 6.07 Å². The van der Waals surface area contributed by atoms with Crippen molar-refractivity contribution in [3.8, 4) is 5.75 Å². The van der Waals surface area contributed by atoms with Crippen molar-refractivity contribution in [2.24, 2.45) is 0 Å². The second kappa shape index (κ2) is 2.05. The van der Waals surface area contributed by atoms with E-state index in [0.717, 1.165) is 6.07 Å². The molecule has 0 saturated heterocycles. The summed E-state index contributed by atoms with van der Waals surface area (Å²) >= 11 is 0. The first-order chi connectivity index (χ1) is 4.18. The highest BCUT2D eigenvalue weighted by Gasteiger charge is 1.94. The molecule has 0 heterocycles. The Morgan fingerprint density at radius 1 is 1.33 bits per heavy atom. The van der Waals surface area contributed by atoms with E-state index in [1.807, 2.05) is 0 Å². The molecule has 47 valence electrons. The first kappa shape index (κ1) is 6.08. The van der Waals surface area contributed by atoms with Crippen molar-refractivity contribution in [1.82, 2.24) is 0 Å². The predicted molar refractivity (Wildman–Crippen MR) is 31.3 cm³/mol. The molecule has 2 heteroatoms. The van der Waals surface area contributed by atoms with Crippen LogP contribution in [0.15, 0.2) is 18.2 Å². The molecule has 0 saturated carbocycles. The minimum atomic E-state index is -0.458. The fourth-order valence-electron chi connectivity index (χ4n) is 0.703. The zero-order valence-electron chi connectivity index (χ0n) is 5.02. The molecule has 0 spiro atoms. The van der Waals surface area contributed by atoms with Crippen LogP contribution in [-0.2, 0) is 5.11 Å². The molecule has 1 radical (unpaired) electrons. The van der Waals surface area contributed by atoms with E-state index >= 15 is 0 Å². The van der Waals surface area contributed by atoms with Gasteiger partial charge in [-0.2, -0.15) is 0 Å². The van der Waals surface area contributed by atoms with Crippen LogP contribution in [0.1, 0.15) is 5.56 Å². The lowest BCUT2D eigenvalue weighted by atomic mass is 10.2. The van der Waals surface area contributed by atoms with Gasteiger partial charge in [-0.1, -0.05) is 0 Å². The maximum Gasteiger partial charge on any atom is 0.181 e. The number of halogens is 1. The molecule has 0 aliphatic rings. The highest BCUT2D eigenvalue weighted by Crippen LogP contribution is 2.13. The van der Waals surface area contributed by atoms with Gasteiger partial charge >= 0.3 is 0 Å². The lowest BCUT2D eigenvalue weighted by Crippen LogP contribution is -1.74. The highest BCUT2D eigenvalue weighted by atomic mass is 19.1. The molecule has 9 heavy (non-hydrogen) atoms. The van der Waals surface area contributed by atoms with Crippen LogP contribution in [0.25, 0.3) is 0 Å². The molecule has 0 atom stereocenters.